The number of hydrogen-bond donors (Lipinski definition) is 1. The van der Waals surface area contributed by atoms with Crippen molar-refractivity contribution in [1.82, 2.24) is 0 Å². The van der Waals surface area contributed by atoms with Gasteiger partial charge in [-0.3, -0.25) is 10.1 Å². The number of nitro groups is 1. The van der Waals surface area contributed by atoms with Gasteiger partial charge in [0.2, 0.25) is 0 Å². The maximum absolute atomic E-state index is 10.8. The summed E-state index contributed by atoms with van der Waals surface area (Å²) in [6.07, 6.45) is 0. The van der Waals surface area contributed by atoms with Crippen LogP contribution in [0.5, 0.6) is 0 Å². The van der Waals surface area contributed by atoms with Gasteiger partial charge in [0, 0.05) is 17.1 Å². The standard InChI is InChI=1S/C15H11ClN2O3/c16-13-6-5-11(8-14(13)18(19)20)17-9-12-7-10-3-1-2-4-15(10)21-12/h1-8,17H,9H2. The summed E-state index contributed by atoms with van der Waals surface area (Å²) in [4.78, 5) is 10.3. The Bertz CT molecular complexity index is 781. The van der Waals surface area contributed by atoms with E-state index < -0.39 is 4.92 Å². The third-order valence-corrected chi connectivity index (χ3v) is 3.41. The minimum absolute atomic E-state index is 0.119. The number of fused-ring (bicyclic) bond motifs is 1. The van der Waals surface area contributed by atoms with Crippen LogP contribution in [0.15, 0.2) is 52.9 Å². The Morgan fingerprint density at radius 2 is 2.00 bits per heavy atom. The molecular formula is C15H11ClN2O3. The van der Waals surface area contributed by atoms with Gasteiger partial charge in [0.05, 0.1) is 11.5 Å². The molecule has 21 heavy (non-hydrogen) atoms. The van der Waals surface area contributed by atoms with Gasteiger partial charge in [0.15, 0.2) is 0 Å². The molecule has 0 saturated heterocycles. The molecule has 0 spiro atoms. The number of rotatable bonds is 4. The van der Waals surface area contributed by atoms with E-state index in [0.717, 1.165) is 16.7 Å². The van der Waals surface area contributed by atoms with Gasteiger partial charge in [-0.2, -0.15) is 0 Å². The first kappa shape index (κ1) is 13.5. The molecule has 3 aromatic rings. The molecule has 0 unspecified atom stereocenters. The van der Waals surface area contributed by atoms with Gasteiger partial charge in [-0.1, -0.05) is 29.8 Å². The SMILES string of the molecule is O=[N+]([O-])c1cc(NCc2cc3ccccc3o2)ccc1Cl. The van der Waals surface area contributed by atoms with E-state index in [4.69, 9.17) is 16.0 Å². The van der Waals surface area contributed by atoms with E-state index in [9.17, 15) is 10.1 Å². The number of halogens is 1. The Morgan fingerprint density at radius 1 is 1.19 bits per heavy atom. The highest BCUT2D eigenvalue weighted by atomic mass is 35.5. The van der Waals surface area contributed by atoms with Crippen molar-refractivity contribution in [3.05, 3.63) is 69.4 Å². The summed E-state index contributed by atoms with van der Waals surface area (Å²) in [5, 5.41) is 15.1. The van der Waals surface area contributed by atoms with E-state index >= 15 is 0 Å². The largest absolute Gasteiger partial charge is 0.459 e. The Hall–Kier alpha value is -2.53. The number of anilines is 1. The van der Waals surface area contributed by atoms with Crippen molar-refractivity contribution in [2.45, 2.75) is 6.54 Å². The van der Waals surface area contributed by atoms with Crippen molar-refractivity contribution < 1.29 is 9.34 Å². The molecule has 0 atom stereocenters. The van der Waals surface area contributed by atoms with Crippen LogP contribution >= 0.6 is 11.6 Å². The Morgan fingerprint density at radius 3 is 2.76 bits per heavy atom. The molecular weight excluding hydrogens is 292 g/mol. The first-order valence-electron chi connectivity index (χ1n) is 6.29. The molecule has 0 radical (unpaired) electrons. The monoisotopic (exact) mass is 302 g/mol. The lowest BCUT2D eigenvalue weighted by Gasteiger charge is -2.04. The van der Waals surface area contributed by atoms with E-state index in [0.29, 0.717) is 12.2 Å². The highest BCUT2D eigenvalue weighted by molar-refractivity contribution is 6.32. The number of nitro benzene ring substituents is 1. The maximum Gasteiger partial charge on any atom is 0.289 e. The lowest BCUT2D eigenvalue weighted by atomic mass is 10.2. The molecule has 2 aromatic carbocycles. The van der Waals surface area contributed by atoms with Gasteiger partial charge >= 0.3 is 0 Å². The molecule has 0 saturated carbocycles. The quantitative estimate of drug-likeness (QED) is 0.564. The molecule has 0 bridgehead atoms. The predicted molar refractivity (Wildman–Crippen MR) is 81.6 cm³/mol. The zero-order valence-corrected chi connectivity index (χ0v) is 11.6. The Labute approximate surface area is 125 Å². The van der Waals surface area contributed by atoms with E-state index in [1.807, 2.05) is 30.3 Å². The lowest BCUT2D eigenvalue weighted by molar-refractivity contribution is -0.384. The molecule has 0 amide bonds. The van der Waals surface area contributed by atoms with Crippen LogP contribution < -0.4 is 5.32 Å². The van der Waals surface area contributed by atoms with Crippen LogP contribution in [0, 0.1) is 10.1 Å². The molecule has 0 fully saturated rings. The predicted octanol–water partition coefficient (Wildman–Crippen LogP) is 4.61. The van der Waals surface area contributed by atoms with E-state index in [1.165, 1.54) is 12.1 Å². The van der Waals surface area contributed by atoms with Gasteiger partial charge in [0.25, 0.3) is 5.69 Å². The average molecular weight is 303 g/mol. The fourth-order valence-electron chi connectivity index (χ4n) is 2.08. The van der Waals surface area contributed by atoms with Gasteiger partial charge in [0.1, 0.15) is 16.4 Å². The maximum atomic E-state index is 10.8. The number of nitrogens with zero attached hydrogens (tertiary/aromatic N) is 1. The third kappa shape index (κ3) is 2.83. The van der Waals surface area contributed by atoms with E-state index in [-0.39, 0.29) is 10.7 Å². The highest BCUT2D eigenvalue weighted by Gasteiger charge is 2.12. The van der Waals surface area contributed by atoms with Crippen molar-refractivity contribution in [3.8, 4) is 0 Å². The van der Waals surface area contributed by atoms with Crippen LogP contribution in [0.1, 0.15) is 5.76 Å². The molecule has 1 N–H and O–H groups in total. The summed E-state index contributed by atoms with van der Waals surface area (Å²) < 4.78 is 5.67. The van der Waals surface area contributed by atoms with Gasteiger partial charge in [-0.25, -0.2) is 0 Å². The second-order valence-corrected chi connectivity index (χ2v) is 4.93. The molecule has 0 aliphatic rings. The average Bonchev–Trinajstić information content (AvgIpc) is 2.89. The normalized spacial score (nSPS) is 10.7. The van der Waals surface area contributed by atoms with Gasteiger partial charge < -0.3 is 9.73 Å². The lowest BCUT2D eigenvalue weighted by Crippen LogP contribution is -1.99. The van der Waals surface area contributed by atoms with E-state index in [2.05, 4.69) is 5.32 Å². The van der Waals surface area contributed by atoms with Crippen LogP contribution in [-0.2, 0) is 6.54 Å². The second-order valence-electron chi connectivity index (χ2n) is 4.53. The number of nitrogens with one attached hydrogen (secondary N) is 1. The summed E-state index contributed by atoms with van der Waals surface area (Å²) in [7, 11) is 0. The minimum atomic E-state index is -0.505. The van der Waals surface area contributed by atoms with Gasteiger partial charge in [-0.05, 0) is 24.3 Å². The summed E-state index contributed by atoms with van der Waals surface area (Å²) in [5.41, 5.74) is 1.31. The Kier molecular flexibility index (Phi) is 3.50. The van der Waals surface area contributed by atoms with Gasteiger partial charge in [-0.15, -0.1) is 0 Å². The highest BCUT2D eigenvalue weighted by Crippen LogP contribution is 2.28. The minimum Gasteiger partial charge on any atom is -0.459 e. The second kappa shape index (κ2) is 5.46. The van der Waals surface area contributed by atoms with Crippen molar-refractivity contribution >= 4 is 33.9 Å². The zero-order valence-electron chi connectivity index (χ0n) is 10.9. The third-order valence-electron chi connectivity index (χ3n) is 3.09. The first-order valence-corrected chi connectivity index (χ1v) is 6.66. The van der Waals surface area contributed by atoms with Crippen LogP contribution in [0.25, 0.3) is 11.0 Å². The van der Waals surface area contributed by atoms with Crippen molar-refractivity contribution in [2.24, 2.45) is 0 Å². The van der Waals surface area contributed by atoms with Crippen LogP contribution in [0.3, 0.4) is 0 Å². The molecule has 0 aliphatic heterocycles. The zero-order chi connectivity index (χ0) is 14.8. The molecule has 6 heteroatoms. The number of para-hydroxylation sites is 1. The molecule has 1 heterocycles. The molecule has 3 rings (SSSR count). The van der Waals surface area contributed by atoms with Crippen molar-refractivity contribution in [3.63, 3.8) is 0 Å². The molecule has 5 nitrogen and oxygen atoms in total. The number of furan rings is 1. The Balaban J connectivity index is 1.78. The summed E-state index contributed by atoms with van der Waals surface area (Å²) >= 11 is 5.77. The molecule has 0 aliphatic carbocycles. The van der Waals surface area contributed by atoms with Crippen molar-refractivity contribution in [2.75, 3.05) is 5.32 Å². The fourth-order valence-corrected chi connectivity index (χ4v) is 2.26. The fraction of sp³-hybridized carbons (Fsp3) is 0.0667. The van der Waals surface area contributed by atoms with Crippen LogP contribution in [0.2, 0.25) is 5.02 Å². The summed E-state index contributed by atoms with van der Waals surface area (Å²) in [6.45, 7) is 0.438. The smallest absolute Gasteiger partial charge is 0.289 e. The van der Waals surface area contributed by atoms with E-state index in [1.54, 1.807) is 6.07 Å². The van der Waals surface area contributed by atoms with Crippen LogP contribution in [-0.4, -0.2) is 4.92 Å². The first-order chi connectivity index (χ1) is 10.1. The summed E-state index contributed by atoms with van der Waals surface area (Å²) in [6, 6.07) is 14.3. The molecule has 1 aromatic heterocycles. The molecule has 106 valence electrons. The summed E-state index contributed by atoms with van der Waals surface area (Å²) in [5.74, 6) is 0.758. The topological polar surface area (TPSA) is 68.3 Å². The number of hydrogen-bond acceptors (Lipinski definition) is 4. The number of benzene rings is 2. The van der Waals surface area contributed by atoms with Crippen LogP contribution in [0.4, 0.5) is 11.4 Å². The van der Waals surface area contributed by atoms with Crippen molar-refractivity contribution in [1.29, 1.82) is 0 Å².